The van der Waals surface area contributed by atoms with E-state index >= 15 is 0 Å². The van der Waals surface area contributed by atoms with Crippen molar-refractivity contribution in [3.8, 4) is 0 Å². The van der Waals surface area contributed by atoms with Gasteiger partial charge in [0.2, 0.25) is 0 Å². The van der Waals surface area contributed by atoms with Gasteiger partial charge in [-0.2, -0.15) is 0 Å². The SMILES string of the molecule is CC(C)OCC1O[C@@H](OC(C)(C)C)[C@H](O)[C@@H](O)C1C(C)(C)C. The molecule has 0 amide bonds. The first-order valence-electron chi connectivity index (χ1n) is 8.14. The zero-order chi connectivity index (χ0) is 17.3. The largest absolute Gasteiger partial charge is 0.390 e. The fourth-order valence-electron chi connectivity index (χ4n) is 2.88. The summed E-state index contributed by atoms with van der Waals surface area (Å²) in [6.45, 7) is 16.1. The fourth-order valence-corrected chi connectivity index (χ4v) is 2.88. The molecule has 0 aromatic rings. The van der Waals surface area contributed by atoms with E-state index in [1.54, 1.807) is 0 Å². The van der Waals surface area contributed by atoms with Gasteiger partial charge in [0.25, 0.3) is 0 Å². The van der Waals surface area contributed by atoms with Crippen LogP contribution in [0.5, 0.6) is 0 Å². The summed E-state index contributed by atoms with van der Waals surface area (Å²) in [6, 6.07) is 0. The topological polar surface area (TPSA) is 68.2 Å². The first kappa shape index (κ1) is 19.8. The third-order valence-electron chi connectivity index (χ3n) is 3.77. The molecule has 0 spiro atoms. The lowest BCUT2D eigenvalue weighted by Crippen LogP contribution is -2.60. The Morgan fingerprint density at radius 2 is 1.55 bits per heavy atom. The summed E-state index contributed by atoms with van der Waals surface area (Å²) in [7, 11) is 0. The van der Waals surface area contributed by atoms with Crippen molar-refractivity contribution < 1.29 is 24.4 Å². The summed E-state index contributed by atoms with van der Waals surface area (Å²) >= 11 is 0. The van der Waals surface area contributed by atoms with E-state index in [1.165, 1.54) is 0 Å². The van der Waals surface area contributed by atoms with Crippen LogP contribution in [0.2, 0.25) is 0 Å². The highest BCUT2D eigenvalue weighted by Crippen LogP contribution is 2.40. The van der Waals surface area contributed by atoms with E-state index in [0.29, 0.717) is 6.61 Å². The molecule has 2 N–H and O–H groups in total. The standard InChI is InChI=1S/C17H34O5/c1-10(2)20-9-11-12(16(3,4)5)13(18)14(19)15(21-11)22-17(6,7)8/h10-15,18-19H,9H2,1-8H3/t11?,12?,13-,14+,15-/m0/s1. The van der Waals surface area contributed by atoms with E-state index in [2.05, 4.69) is 0 Å². The maximum Gasteiger partial charge on any atom is 0.187 e. The molecule has 1 saturated heterocycles. The van der Waals surface area contributed by atoms with Crippen LogP contribution in [0.15, 0.2) is 0 Å². The van der Waals surface area contributed by atoms with Crippen LogP contribution in [-0.2, 0) is 14.2 Å². The summed E-state index contributed by atoms with van der Waals surface area (Å²) in [5.41, 5.74) is -0.693. The molecule has 0 radical (unpaired) electrons. The summed E-state index contributed by atoms with van der Waals surface area (Å²) in [5.74, 6) is -0.235. The Hall–Kier alpha value is -0.200. The molecule has 1 rings (SSSR count). The molecule has 0 bridgehead atoms. The first-order valence-corrected chi connectivity index (χ1v) is 8.14. The van der Waals surface area contributed by atoms with E-state index in [4.69, 9.17) is 14.2 Å². The lowest BCUT2D eigenvalue weighted by Gasteiger charge is -2.49. The summed E-state index contributed by atoms with van der Waals surface area (Å²) < 4.78 is 17.4. The molecule has 5 heteroatoms. The van der Waals surface area contributed by atoms with Gasteiger partial charge in [-0.05, 0) is 40.0 Å². The number of aliphatic hydroxyl groups is 2. The van der Waals surface area contributed by atoms with Crippen LogP contribution >= 0.6 is 0 Å². The van der Waals surface area contributed by atoms with Crippen molar-refractivity contribution >= 4 is 0 Å². The second kappa shape index (κ2) is 7.14. The van der Waals surface area contributed by atoms with Crippen molar-refractivity contribution in [2.24, 2.45) is 11.3 Å². The molecule has 0 saturated carbocycles. The van der Waals surface area contributed by atoms with Crippen molar-refractivity contribution in [1.29, 1.82) is 0 Å². The molecule has 5 atom stereocenters. The zero-order valence-electron chi connectivity index (χ0n) is 15.3. The molecule has 5 nitrogen and oxygen atoms in total. The average molecular weight is 318 g/mol. The van der Waals surface area contributed by atoms with Gasteiger partial charge in [0, 0.05) is 5.92 Å². The fraction of sp³-hybridized carbons (Fsp3) is 1.00. The Morgan fingerprint density at radius 1 is 1.00 bits per heavy atom. The van der Waals surface area contributed by atoms with Crippen molar-refractivity contribution in [2.45, 2.75) is 91.7 Å². The number of aliphatic hydroxyl groups excluding tert-OH is 2. The molecule has 22 heavy (non-hydrogen) atoms. The number of hydrogen-bond acceptors (Lipinski definition) is 5. The van der Waals surface area contributed by atoms with Gasteiger partial charge in [0.1, 0.15) is 6.10 Å². The van der Waals surface area contributed by atoms with Crippen LogP contribution in [0.4, 0.5) is 0 Å². The lowest BCUT2D eigenvalue weighted by atomic mass is 9.71. The summed E-state index contributed by atoms with van der Waals surface area (Å²) in [4.78, 5) is 0. The maximum absolute atomic E-state index is 10.6. The third-order valence-corrected chi connectivity index (χ3v) is 3.77. The van der Waals surface area contributed by atoms with Gasteiger partial charge in [-0.1, -0.05) is 20.8 Å². The van der Waals surface area contributed by atoms with Gasteiger partial charge in [-0.25, -0.2) is 0 Å². The minimum atomic E-state index is -1.07. The highest BCUT2D eigenvalue weighted by Gasteiger charge is 2.50. The summed E-state index contributed by atoms with van der Waals surface area (Å²) in [5, 5.41) is 21.0. The van der Waals surface area contributed by atoms with E-state index < -0.39 is 24.1 Å². The van der Waals surface area contributed by atoms with Crippen LogP contribution in [0.3, 0.4) is 0 Å². The third kappa shape index (κ3) is 5.46. The predicted octanol–water partition coefficient (Wildman–Crippen LogP) is 2.34. The Balaban J connectivity index is 2.95. The van der Waals surface area contributed by atoms with Crippen LogP contribution in [0, 0.1) is 11.3 Å². The molecule has 132 valence electrons. The van der Waals surface area contributed by atoms with Crippen LogP contribution < -0.4 is 0 Å². The lowest BCUT2D eigenvalue weighted by molar-refractivity contribution is -0.323. The van der Waals surface area contributed by atoms with E-state index in [9.17, 15) is 10.2 Å². The molecule has 1 heterocycles. The van der Waals surface area contributed by atoms with Gasteiger partial charge in [-0.15, -0.1) is 0 Å². The second-order valence-electron chi connectivity index (χ2n) is 8.53. The van der Waals surface area contributed by atoms with E-state index in [0.717, 1.165) is 0 Å². The molecule has 1 fully saturated rings. The molecule has 2 unspecified atom stereocenters. The normalized spacial score (nSPS) is 34.2. The Labute approximate surface area is 135 Å². The minimum absolute atomic E-state index is 0.0789. The molecule has 1 aliphatic heterocycles. The molecular formula is C17H34O5. The number of ether oxygens (including phenoxy) is 3. The predicted molar refractivity (Wildman–Crippen MR) is 85.5 cm³/mol. The van der Waals surface area contributed by atoms with Crippen LogP contribution in [0.1, 0.15) is 55.4 Å². The van der Waals surface area contributed by atoms with Gasteiger partial charge in [-0.3, -0.25) is 0 Å². The second-order valence-corrected chi connectivity index (χ2v) is 8.53. The average Bonchev–Trinajstić information content (AvgIpc) is 2.29. The van der Waals surface area contributed by atoms with Gasteiger partial charge in [0.15, 0.2) is 6.29 Å². The number of hydrogen-bond donors (Lipinski definition) is 2. The monoisotopic (exact) mass is 318 g/mol. The Morgan fingerprint density at radius 3 is 1.95 bits per heavy atom. The molecule has 0 aliphatic carbocycles. The van der Waals surface area contributed by atoms with Gasteiger partial charge < -0.3 is 24.4 Å². The molecule has 0 aromatic heterocycles. The maximum atomic E-state index is 10.6. The quantitative estimate of drug-likeness (QED) is 0.833. The van der Waals surface area contributed by atoms with Crippen molar-refractivity contribution in [3.05, 3.63) is 0 Å². The molecule has 0 aromatic carbocycles. The Bertz CT molecular complexity index is 340. The first-order chi connectivity index (χ1) is 9.83. The minimum Gasteiger partial charge on any atom is -0.390 e. The molecular weight excluding hydrogens is 284 g/mol. The zero-order valence-corrected chi connectivity index (χ0v) is 15.3. The van der Waals surface area contributed by atoms with Crippen molar-refractivity contribution in [3.63, 3.8) is 0 Å². The van der Waals surface area contributed by atoms with Gasteiger partial charge >= 0.3 is 0 Å². The van der Waals surface area contributed by atoms with Crippen molar-refractivity contribution in [2.75, 3.05) is 6.61 Å². The van der Waals surface area contributed by atoms with Gasteiger partial charge in [0.05, 0.1) is 30.5 Å². The van der Waals surface area contributed by atoms with Crippen molar-refractivity contribution in [1.82, 2.24) is 0 Å². The Kier molecular flexibility index (Phi) is 6.44. The van der Waals surface area contributed by atoms with Crippen LogP contribution in [0.25, 0.3) is 0 Å². The smallest absolute Gasteiger partial charge is 0.187 e. The highest BCUT2D eigenvalue weighted by molar-refractivity contribution is 4.95. The van der Waals surface area contributed by atoms with E-state index in [-0.39, 0.29) is 23.5 Å². The van der Waals surface area contributed by atoms with Crippen LogP contribution in [-0.4, -0.2) is 53.1 Å². The highest BCUT2D eigenvalue weighted by atomic mass is 16.7. The summed E-state index contributed by atoms with van der Waals surface area (Å²) in [6.07, 6.45) is -3.08. The number of rotatable bonds is 4. The molecule has 1 aliphatic rings. The van der Waals surface area contributed by atoms with E-state index in [1.807, 2.05) is 55.4 Å².